The van der Waals surface area contributed by atoms with E-state index in [4.69, 9.17) is 14.2 Å². The molecule has 0 radical (unpaired) electrons. The smallest absolute Gasteiger partial charge is 0.321 e. The van der Waals surface area contributed by atoms with Gasteiger partial charge in [0.2, 0.25) is 18.6 Å². The highest BCUT2D eigenvalue weighted by Gasteiger charge is 2.40. The second kappa shape index (κ2) is 7.32. The largest absolute Gasteiger partial charge is 0.454 e. The third-order valence-corrected chi connectivity index (χ3v) is 5.27. The van der Waals surface area contributed by atoms with E-state index in [-0.39, 0.29) is 30.8 Å². The van der Waals surface area contributed by atoms with E-state index in [1.54, 1.807) is 42.5 Å². The Morgan fingerprint density at radius 1 is 1.11 bits per heavy atom. The number of imide groups is 1. The molecule has 1 fully saturated rings. The lowest BCUT2D eigenvalue weighted by Gasteiger charge is -2.14. The molecule has 0 unspecified atom stereocenters. The molecule has 2 amide bonds. The van der Waals surface area contributed by atoms with Gasteiger partial charge in [0.25, 0.3) is 0 Å². The van der Waals surface area contributed by atoms with Crippen LogP contribution in [0.4, 0.5) is 5.69 Å². The molecule has 7 nitrogen and oxygen atoms in total. The lowest BCUT2D eigenvalue weighted by Crippen LogP contribution is -2.31. The van der Waals surface area contributed by atoms with Gasteiger partial charge in [0.1, 0.15) is 5.75 Å². The Bertz CT molecular complexity index is 900. The standard InChI is InChI=1S/C19H15NO6S/c21-17-9-16(19(23)20(17)12-4-2-1-3-5-12)27-10-18(22)26-13-6-7-14-15(8-13)25-11-24-14/h1-8,16H,9-11H2/t16-/m1/s1. The minimum Gasteiger partial charge on any atom is -0.454 e. The number of ether oxygens (including phenoxy) is 3. The van der Waals surface area contributed by atoms with Gasteiger partial charge in [-0.2, -0.15) is 0 Å². The van der Waals surface area contributed by atoms with E-state index in [9.17, 15) is 14.4 Å². The molecule has 0 spiro atoms. The second-order valence-corrected chi connectivity index (χ2v) is 7.09. The lowest BCUT2D eigenvalue weighted by atomic mass is 10.3. The fraction of sp³-hybridized carbons (Fsp3) is 0.211. The molecular weight excluding hydrogens is 370 g/mol. The van der Waals surface area contributed by atoms with E-state index in [0.29, 0.717) is 22.9 Å². The Hall–Kier alpha value is -3.00. The van der Waals surface area contributed by atoms with E-state index < -0.39 is 11.2 Å². The van der Waals surface area contributed by atoms with Crippen LogP contribution in [0.15, 0.2) is 48.5 Å². The molecule has 2 aliphatic heterocycles. The summed E-state index contributed by atoms with van der Waals surface area (Å²) in [5.74, 6) is 0.325. The topological polar surface area (TPSA) is 82.1 Å². The summed E-state index contributed by atoms with van der Waals surface area (Å²) >= 11 is 1.10. The number of thioether (sulfide) groups is 1. The molecule has 1 atom stereocenters. The number of fused-ring (bicyclic) bond motifs is 1. The number of nitrogens with zero attached hydrogens (tertiary/aromatic N) is 1. The van der Waals surface area contributed by atoms with Crippen molar-refractivity contribution < 1.29 is 28.6 Å². The number of anilines is 1. The Kier molecular flexibility index (Phi) is 4.72. The number of carbonyl (C=O) groups is 3. The predicted octanol–water partition coefficient (Wildman–Crippen LogP) is 2.39. The SMILES string of the molecule is O=C(CS[C@@H]1CC(=O)N(c2ccccc2)C1=O)Oc1ccc2c(c1)OCO2. The van der Waals surface area contributed by atoms with Crippen molar-refractivity contribution >= 4 is 35.2 Å². The van der Waals surface area contributed by atoms with Crippen molar-refractivity contribution in [2.45, 2.75) is 11.7 Å². The molecule has 0 saturated carbocycles. The van der Waals surface area contributed by atoms with E-state index in [1.807, 2.05) is 6.07 Å². The minimum atomic E-state index is -0.595. The average molecular weight is 385 g/mol. The Labute approximate surface area is 159 Å². The highest BCUT2D eigenvalue weighted by atomic mass is 32.2. The van der Waals surface area contributed by atoms with Crippen molar-refractivity contribution in [2.24, 2.45) is 0 Å². The summed E-state index contributed by atoms with van der Waals surface area (Å²) in [6.07, 6.45) is 0.0652. The molecule has 2 aliphatic rings. The number of carbonyl (C=O) groups excluding carboxylic acids is 3. The first kappa shape index (κ1) is 17.4. The van der Waals surface area contributed by atoms with Gasteiger partial charge in [-0.25, -0.2) is 4.90 Å². The molecule has 1 saturated heterocycles. The van der Waals surface area contributed by atoms with Crippen molar-refractivity contribution in [2.75, 3.05) is 17.4 Å². The number of hydrogen-bond donors (Lipinski definition) is 0. The van der Waals surface area contributed by atoms with Crippen LogP contribution < -0.4 is 19.1 Å². The van der Waals surface area contributed by atoms with Crippen LogP contribution in [-0.2, 0) is 14.4 Å². The van der Waals surface area contributed by atoms with Crippen molar-refractivity contribution in [3.8, 4) is 17.2 Å². The first-order valence-corrected chi connectivity index (χ1v) is 9.30. The van der Waals surface area contributed by atoms with Crippen LogP contribution in [0, 0.1) is 0 Å². The van der Waals surface area contributed by atoms with Gasteiger partial charge in [0.15, 0.2) is 11.5 Å². The van der Waals surface area contributed by atoms with Crippen molar-refractivity contribution in [1.82, 2.24) is 0 Å². The monoisotopic (exact) mass is 385 g/mol. The second-order valence-electron chi connectivity index (χ2n) is 5.90. The van der Waals surface area contributed by atoms with Gasteiger partial charge < -0.3 is 14.2 Å². The fourth-order valence-corrected chi connectivity index (χ4v) is 3.76. The number of benzene rings is 2. The minimum absolute atomic E-state index is 0.0409. The summed E-state index contributed by atoms with van der Waals surface area (Å²) in [7, 11) is 0. The van der Waals surface area contributed by atoms with Crippen molar-refractivity contribution in [3.05, 3.63) is 48.5 Å². The average Bonchev–Trinajstić information content (AvgIpc) is 3.24. The molecule has 27 heavy (non-hydrogen) atoms. The molecule has 2 aromatic rings. The number of hydrogen-bond acceptors (Lipinski definition) is 7. The zero-order valence-electron chi connectivity index (χ0n) is 14.1. The predicted molar refractivity (Wildman–Crippen MR) is 98.0 cm³/mol. The van der Waals surface area contributed by atoms with E-state index in [1.165, 1.54) is 4.90 Å². The molecule has 2 aromatic carbocycles. The molecule has 2 heterocycles. The summed E-state index contributed by atoms with van der Waals surface area (Å²) < 4.78 is 15.7. The van der Waals surface area contributed by atoms with Crippen LogP contribution in [0.5, 0.6) is 17.2 Å². The van der Waals surface area contributed by atoms with Gasteiger partial charge in [-0.05, 0) is 24.3 Å². The molecule has 4 rings (SSSR count). The zero-order valence-corrected chi connectivity index (χ0v) is 14.9. The lowest BCUT2D eigenvalue weighted by molar-refractivity contribution is -0.131. The number of rotatable bonds is 5. The maximum Gasteiger partial charge on any atom is 0.321 e. The Balaban J connectivity index is 1.34. The Morgan fingerprint density at radius 2 is 1.89 bits per heavy atom. The van der Waals surface area contributed by atoms with Crippen molar-refractivity contribution in [1.29, 1.82) is 0 Å². The fourth-order valence-electron chi connectivity index (χ4n) is 2.85. The van der Waals surface area contributed by atoms with Crippen LogP contribution in [-0.4, -0.2) is 35.6 Å². The number of para-hydroxylation sites is 1. The van der Waals surface area contributed by atoms with Crippen LogP contribution >= 0.6 is 11.8 Å². The number of esters is 1. The summed E-state index contributed by atoms with van der Waals surface area (Å²) in [5.41, 5.74) is 0.540. The highest BCUT2D eigenvalue weighted by molar-refractivity contribution is 8.01. The van der Waals surface area contributed by atoms with Crippen LogP contribution in [0.1, 0.15) is 6.42 Å². The van der Waals surface area contributed by atoms with Gasteiger partial charge in [0.05, 0.1) is 16.7 Å². The molecule has 0 aromatic heterocycles. The van der Waals surface area contributed by atoms with E-state index in [2.05, 4.69) is 0 Å². The maximum atomic E-state index is 12.5. The van der Waals surface area contributed by atoms with Gasteiger partial charge in [-0.3, -0.25) is 14.4 Å². The number of amides is 2. The highest BCUT2D eigenvalue weighted by Crippen LogP contribution is 2.35. The quantitative estimate of drug-likeness (QED) is 0.444. The first-order valence-electron chi connectivity index (χ1n) is 8.25. The zero-order chi connectivity index (χ0) is 18.8. The third-order valence-electron chi connectivity index (χ3n) is 4.10. The summed E-state index contributed by atoms with van der Waals surface area (Å²) in [6, 6.07) is 13.6. The normalized spacial score (nSPS) is 18.1. The summed E-state index contributed by atoms with van der Waals surface area (Å²) in [6.45, 7) is 0.137. The molecule has 0 N–H and O–H groups in total. The summed E-state index contributed by atoms with van der Waals surface area (Å²) in [5, 5.41) is -0.595. The van der Waals surface area contributed by atoms with Crippen molar-refractivity contribution in [3.63, 3.8) is 0 Å². The van der Waals surface area contributed by atoms with Gasteiger partial charge in [-0.15, -0.1) is 11.8 Å². The third kappa shape index (κ3) is 3.61. The maximum absolute atomic E-state index is 12.5. The summed E-state index contributed by atoms with van der Waals surface area (Å²) in [4.78, 5) is 38.0. The molecule has 0 bridgehead atoms. The van der Waals surface area contributed by atoms with Crippen LogP contribution in [0.25, 0.3) is 0 Å². The molecule has 138 valence electrons. The Morgan fingerprint density at radius 3 is 2.70 bits per heavy atom. The van der Waals surface area contributed by atoms with E-state index in [0.717, 1.165) is 11.8 Å². The van der Waals surface area contributed by atoms with Gasteiger partial charge in [0, 0.05) is 12.5 Å². The molecule has 0 aliphatic carbocycles. The van der Waals surface area contributed by atoms with E-state index >= 15 is 0 Å². The first-order chi connectivity index (χ1) is 13.1. The molecular formula is C19H15NO6S. The van der Waals surface area contributed by atoms with Gasteiger partial charge >= 0.3 is 5.97 Å². The van der Waals surface area contributed by atoms with Gasteiger partial charge in [-0.1, -0.05) is 18.2 Å². The van der Waals surface area contributed by atoms with Crippen LogP contribution in [0.3, 0.4) is 0 Å². The molecule has 8 heteroatoms. The van der Waals surface area contributed by atoms with Crippen LogP contribution in [0.2, 0.25) is 0 Å².